The van der Waals surface area contributed by atoms with E-state index >= 15 is 0 Å². The van der Waals surface area contributed by atoms with E-state index in [1.54, 1.807) is 19.1 Å². The molecule has 0 aliphatic rings. The number of hydrogen-bond donors (Lipinski definition) is 2. The Hall–Kier alpha value is -2.08. The van der Waals surface area contributed by atoms with Crippen LogP contribution in [0.25, 0.3) is 0 Å². The third-order valence-electron chi connectivity index (χ3n) is 2.45. The molecule has 6 heteroatoms. The van der Waals surface area contributed by atoms with E-state index < -0.39 is 11.6 Å². The van der Waals surface area contributed by atoms with Crippen LogP contribution < -0.4 is 11.1 Å². The van der Waals surface area contributed by atoms with Crippen molar-refractivity contribution in [2.24, 2.45) is 5.73 Å². The van der Waals surface area contributed by atoms with Gasteiger partial charge < -0.3 is 11.1 Å². The molecule has 0 atom stereocenters. The molecule has 1 aromatic heterocycles. The second-order valence-electron chi connectivity index (χ2n) is 3.97. The second kappa shape index (κ2) is 5.27. The lowest BCUT2D eigenvalue weighted by Gasteiger charge is -2.09. The number of nitrogens with zero attached hydrogens (tertiary/aromatic N) is 1. The molecule has 2 aromatic rings. The minimum absolute atomic E-state index is 0.00647. The third kappa shape index (κ3) is 3.03. The molecule has 0 fully saturated rings. The summed E-state index contributed by atoms with van der Waals surface area (Å²) < 4.78 is 26.6. The van der Waals surface area contributed by atoms with Crippen LogP contribution in [0.15, 0.2) is 30.3 Å². The topological polar surface area (TPSA) is 50.9 Å². The van der Waals surface area contributed by atoms with Crippen molar-refractivity contribution in [1.82, 2.24) is 4.98 Å². The van der Waals surface area contributed by atoms with E-state index in [-0.39, 0.29) is 10.7 Å². The zero-order valence-corrected chi connectivity index (χ0v) is 10.9. The van der Waals surface area contributed by atoms with E-state index in [1.807, 2.05) is 0 Å². The summed E-state index contributed by atoms with van der Waals surface area (Å²) in [5, 5.41) is 2.71. The van der Waals surface area contributed by atoms with Crippen LogP contribution in [0.2, 0.25) is 0 Å². The van der Waals surface area contributed by atoms with Gasteiger partial charge in [-0.1, -0.05) is 18.3 Å². The minimum atomic E-state index is -0.956. The second-order valence-corrected chi connectivity index (χ2v) is 4.41. The van der Waals surface area contributed by atoms with Gasteiger partial charge in [0.25, 0.3) is 0 Å². The Balaban J connectivity index is 2.38. The number of nitrogens with one attached hydrogen (secondary N) is 1. The number of rotatable bonds is 3. The van der Waals surface area contributed by atoms with Crippen LogP contribution in [0.3, 0.4) is 0 Å². The first-order chi connectivity index (χ1) is 8.97. The lowest BCUT2D eigenvalue weighted by molar-refractivity contribution is 0.511. The molecule has 1 aromatic carbocycles. The van der Waals surface area contributed by atoms with Gasteiger partial charge >= 0.3 is 0 Å². The Morgan fingerprint density at radius 1 is 1.32 bits per heavy atom. The predicted octanol–water partition coefficient (Wildman–Crippen LogP) is 3.05. The fourth-order valence-corrected chi connectivity index (χ4v) is 1.73. The summed E-state index contributed by atoms with van der Waals surface area (Å²) >= 11 is 4.88. The molecule has 0 aliphatic carbocycles. The van der Waals surface area contributed by atoms with E-state index in [2.05, 4.69) is 10.3 Å². The zero-order chi connectivity index (χ0) is 14.0. The summed E-state index contributed by atoms with van der Waals surface area (Å²) in [5.41, 5.74) is 6.83. The Morgan fingerprint density at radius 3 is 2.74 bits per heavy atom. The normalized spacial score (nSPS) is 10.3. The van der Waals surface area contributed by atoms with Gasteiger partial charge in [-0.25, -0.2) is 13.8 Å². The largest absolute Gasteiger partial charge is 0.389 e. The van der Waals surface area contributed by atoms with Crippen molar-refractivity contribution in [3.05, 3.63) is 53.2 Å². The maximum atomic E-state index is 13.5. The standard InChI is InChI=1S/C13H11F2N3S/c1-7-5-8(13(16)19)6-11(17-7)18-10-4-2-3-9(14)12(10)15/h2-6H,1H3,(H2,16,19)(H,17,18). The zero-order valence-electron chi connectivity index (χ0n) is 10.1. The molecule has 2 rings (SSSR count). The highest BCUT2D eigenvalue weighted by atomic mass is 32.1. The van der Waals surface area contributed by atoms with Gasteiger partial charge in [-0.05, 0) is 31.2 Å². The first-order valence-electron chi connectivity index (χ1n) is 5.47. The first-order valence-corrected chi connectivity index (χ1v) is 5.87. The molecule has 0 radical (unpaired) electrons. The van der Waals surface area contributed by atoms with Crippen molar-refractivity contribution in [2.45, 2.75) is 6.92 Å². The minimum Gasteiger partial charge on any atom is -0.389 e. The van der Waals surface area contributed by atoms with E-state index in [1.165, 1.54) is 12.1 Å². The van der Waals surface area contributed by atoms with Crippen molar-refractivity contribution in [3.8, 4) is 0 Å². The van der Waals surface area contributed by atoms with Gasteiger partial charge in [0, 0.05) is 11.3 Å². The highest BCUT2D eigenvalue weighted by Gasteiger charge is 2.09. The van der Waals surface area contributed by atoms with Crippen molar-refractivity contribution in [3.63, 3.8) is 0 Å². The number of aryl methyl sites for hydroxylation is 1. The van der Waals surface area contributed by atoms with Crippen LogP contribution in [-0.4, -0.2) is 9.97 Å². The number of pyridine rings is 1. The number of halogens is 2. The summed E-state index contributed by atoms with van der Waals surface area (Å²) in [5.74, 6) is -1.53. The fourth-order valence-electron chi connectivity index (χ4n) is 1.61. The Morgan fingerprint density at radius 2 is 2.05 bits per heavy atom. The van der Waals surface area contributed by atoms with Crippen molar-refractivity contribution in [2.75, 3.05) is 5.32 Å². The Bertz CT molecular complexity index is 644. The highest BCUT2D eigenvalue weighted by Crippen LogP contribution is 2.21. The van der Waals surface area contributed by atoms with E-state index in [0.717, 1.165) is 6.07 Å². The molecule has 1 heterocycles. The van der Waals surface area contributed by atoms with Gasteiger partial charge in [0.05, 0.1) is 5.69 Å². The Labute approximate surface area is 114 Å². The average molecular weight is 279 g/mol. The molecule has 0 amide bonds. The summed E-state index contributed by atoms with van der Waals surface area (Å²) in [4.78, 5) is 4.38. The van der Waals surface area contributed by atoms with Crippen molar-refractivity contribution >= 4 is 28.7 Å². The number of thiocarbonyl (C=S) groups is 1. The quantitative estimate of drug-likeness (QED) is 0.848. The van der Waals surface area contributed by atoms with Gasteiger partial charge in [-0.3, -0.25) is 0 Å². The molecule has 0 saturated carbocycles. The summed E-state index contributed by atoms with van der Waals surface area (Å²) in [6.07, 6.45) is 0. The molecule has 0 bridgehead atoms. The molecule has 0 unspecified atom stereocenters. The number of nitrogens with two attached hydrogens (primary N) is 1. The average Bonchev–Trinajstić information content (AvgIpc) is 2.34. The monoisotopic (exact) mass is 279 g/mol. The van der Waals surface area contributed by atoms with E-state index in [0.29, 0.717) is 17.1 Å². The van der Waals surface area contributed by atoms with Crippen molar-refractivity contribution < 1.29 is 8.78 Å². The van der Waals surface area contributed by atoms with Crippen LogP contribution >= 0.6 is 12.2 Å². The molecule has 0 spiro atoms. The lowest BCUT2D eigenvalue weighted by atomic mass is 10.2. The molecule has 0 aliphatic heterocycles. The molecule has 19 heavy (non-hydrogen) atoms. The van der Waals surface area contributed by atoms with Gasteiger partial charge in [0.15, 0.2) is 11.6 Å². The molecular formula is C13H11F2N3S. The van der Waals surface area contributed by atoms with Crippen LogP contribution in [0.1, 0.15) is 11.3 Å². The predicted molar refractivity (Wildman–Crippen MR) is 74.5 cm³/mol. The Kier molecular flexibility index (Phi) is 3.71. The molecule has 98 valence electrons. The summed E-state index contributed by atoms with van der Waals surface area (Å²) in [6.45, 7) is 1.76. The fraction of sp³-hybridized carbons (Fsp3) is 0.0769. The lowest BCUT2D eigenvalue weighted by Crippen LogP contribution is -2.11. The smallest absolute Gasteiger partial charge is 0.182 e. The van der Waals surface area contributed by atoms with Gasteiger partial charge in [0.2, 0.25) is 0 Å². The molecular weight excluding hydrogens is 268 g/mol. The number of anilines is 2. The highest BCUT2D eigenvalue weighted by molar-refractivity contribution is 7.80. The third-order valence-corrected chi connectivity index (χ3v) is 2.69. The van der Waals surface area contributed by atoms with Crippen LogP contribution in [0.5, 0.6) is 0 Å². The number of aromatic nitrogens is 1. The van der Waals surface area contributed by atoms with Crippen LogP contribution in [0.4, 0.5) is 20.3 Å². The summed E-state index contributed by atoms with van der Waals surface area (Å²) in [6, 6.07) is 7.17. The maximum Gasteiger partial charge on any atom is 0.182 e. The van der Waals surface area contributed by atoms with Gasteiger partial charge in [-0.15, -0.1) is 0 Å². The van der Waals surface area contributed by atoms with E-state index in [9.17, 15) is 8.78 Å². The molecule has 3 nitrogen and oxygen atoms in total. The van der Waals surface area contributed by atoms with E-state index in [4.69, 9.17) is 18.0 Å². The van der Waals surface area contributed by atoms with Gasteiger partial charge in [-0.2, -0.15) is 0 Å². The number of hydrogen-bond acceptors (Lipinski definition) is 3. The van der Waals surface area contributed by atoms with Crippen LogP contribution in [0, 0.1) is 18.6 Å². The maximum absolute atomic E-state index is 13.5. The summed E-state index contributed by atoms with van der Waals surface area (Å²) in [7, 11) is 0. The van der Waals surface area contributed by atoms with Crippen LogP contribution in [-0.2, 0) is 0 Å². The van der Waals surface area contributed by atoms with Gasteiger partial charge in [0.1, 0.15) is 10.8 Å². The SMILES string of the molecule is Cc1cc(C(N)=S)cc(Nc2cccc(F)c2F)n1. The first kappa shape index (κ1) is 13.4. The number of benzene rings is 1. The molecule has 0 saturated heterocycles. The molecule has 3 N–H and O–H groups in total. The van der Waals surface area contributed by atoms with Crippen molar-refractivity contribution in [1.29, 1.82) is 0 Å².